The summed E-state index contributed by atoms with van der Waals surface area (Å²) in [6.07, 6.45) is -0.748. The molecule has 0 amide bonds. The number of carbonyl (C=O) groups excluding carboxylic acids is 1. The topological polar surface area (TPSA) is 65.0 Å². The van der Waals surface area contributed by atoms with Gasteiger partial charge in [-0.3, -0.25) is 0 Å². The average molecular weight is 505 g/mol. The predicted molar refractivity (Wildman–Crippen MR) is 144 cm³/mol. The SMILES string of the molecule is CC(C)(C)[Si](OCC[C@@H]1OC(=O)[C@@H](OCc2ccccc2)[C@H]1CO)(c1ccccc1)c1ccccc1. The monoisotopic (exact) mass is 504 g/mol. The van der Waals surface area contributed by atoms with Gasteiger partial charge >= 0.3 is 5.97 Å². The Labute approximate surface area is 215 Å². The molecule has 1 aliphatic heterocycles. The van der Waals surface area contributed by atoms with Crippen molar-refractivity contribution in [1.82, 2.24) is 0 Å². The molecule has 3 aromatic carbocycles. The molecular weight excluding hydrogens is 468 g/mol. The molecule has 1 fully saturated rings. The molecule has 6 heteroatoms. The summed E-state index contributed by atoms with van der Waals surface area (Å²) in [6, 6.07) is 30.6. The van der Waals surface area contributed by atoms with Crippen molar-refractivity contribution >= 4 is 24.7 Å². The molecule has 190 valence electrons. The molecule has 0 unspecified atom stereocenters. The molecular formula is C30H36O5Si. The molecule has 0 aliphatic carbocycles. The van der Waals surface area contributed by atoms with Gasteiger partial charge in [-0.2, -0.15) is 0 Å². The Kier molecular flexibility index (Phi) is 8.41. The van der Waals surface area contributed by atoms with Crippen LogP contribution < -0.4 is 10.4 Å². The summed E-state index contributed by atoms with van der Waals surface area (Å²) in [6.45, 7) is 7.22. The lowest BCUT2D eigenvalue weighted by Gasteiger charge is -2.43. The van der Waals surface area contributed by atoms with Crippen molar-refractivity contribution in [3.8, 4) is 0 Å². The van der Waals surface area contributed by atoms with Gasteiger partial charge in [-0.1, -0.05) is 112 Å². The quantitative estimate of drug-likeness (QED) is 0.333. The Morgan fingerprint density at radius 1 is 0.861 bits per heavy atom. The van der Waals surface area contributed by atoms with Gasteiger partial charge in [0.1, 0.15) is 6.10 Å². The molecule has 0 radical (unpaired) electrons. The van der Waals surface area contributed by atoms with Crippen molar-refractivity contribution in [2.45, 2.75) is 51.0 Å². The van der Waals surface area contributed by atoms with E-state index in [1.165, 1.54) is 10.4 Å². The molecule has 5 nitrogen and oxygen atoms in total. The number of hydrogen-bond donors (Lipinski definition) is 1. The second-order valence-corrected chi connectivity index (χ2v) is 14.6. The summed E-state index contributed by atoms with van der Waals surface area (Å²) < 4.78 is 18.5. The van der Waals surface area contributed by atoms with Crippen LogP contribution in [0, 0.1) is 5.92 Å². The van der Waals surface area contributed by atoms with Gasteiger partial charge in [0.15, 0.2) is 6.10 Å². The highest BCUT2D eigenvalue weighted by molar-refractivity contribution is 6.99. The smallest absolute Gasteiger partial charge is 0.336 e. The molecule has 3 atom stereocenters. The van der Waals surface area contributed by atoms with Gasteiger partial charge in [-0.05, 0) is 21.0 Å². The summed E-state index contributed by atoms with van der Waals surface area (Å²) in [5.41, 5.74) is 0.973. The van der Waals surface area contributed by atoms with E-state index in [4.69, 9.17) is 13.9 Å². The van der Waals surface area contributed by atoms with E-state index in [9.17, 15) is 9.90 Å². The number of rotatable bonds is 10. The minimum absolute atomic E-state index is 0.139. The third-order valence-corrected chi connectivity index (χ3v) is 12.0. The first-order valence-electron chi connectivity index (χ1n) is 12.6. The van der Waals surface area contributed by atoms with Crippen molar-refractivity contribution < 1.29 is 23.8 Å². The van der Waals surface area contributed by atoms with Crippen molar-refractivity contribution in [2.24, 2.45) is 5.92 Å². The number of aliphatic hydroxyl groups is 1. The van der Waals surface area contributed by atoms with Crippen LogP contribution in [0.3, 0.4) is 0 Å². The van der Waals surface area contributed by atoms with E-state index in [-0.39, 0.29) is 11.6 Å². The normalized spacial score (nSPS) is 20.3. The molecule has 0 spiro atoms. The fourth-order valence-corrected chi connectivity index (χ4v) is 9.78. The van der Waals surface area contributed by atoms with Crippen LogP contribution in [0.4, 0.5) is 0 Å². The van der Waals surface area contributed by atoms with Crippen molar-refractivity contribution in [1.29, 1.82) is 0 Å². The third kappa shape index (κ3) is 5.47. The molecule has 3 aromatic rings. The molecule has 1 N–H and O–H groups in total. The van der Waals surface area contributed by atoms with E-state index in [2.05, 4.69) is 69.3 Å². The Morgan fingerprint density at radius 2 is 1.39 bits per heavy atom. The molecule has 0 saturated carbocycles. The Balaban J connectivity index is 1.51. The lowest BCUT2D eigenvalue weighted by Crippen LogP contribution is -2.66. The highest BCUT2D eigenvalue weighted by atomic mass is 28.4. The van der Waals surface area contributed by atoms with Gasteiger partial charge in [0.25, 0.3) is 8.32 Å². The number of carbonyl (C=O) groups is 1. The van der Waals surface area contributed by atoms with E-state index >= 15 is 0 Å². The highest BCUT2D eigenvalue weighted by Gasteiger charge is 2.51. The maximum Gasteiger partial charge on any atom is 0.336 e. The molecule has 0 bridgehead atoms. The average Bonchev–Trinajstić information content (AvgIpc) is 3.20. The fraction of sp³-hybridized carbons (Fsp3) is 0.367. The van der Waals surface area contributed by atoms with Gasteiger partial charge in [0, 0.05) is 13.0 Å². The van der Waals surface area contributed by atoms with Crippen LogP contribution in [0.2, 0.25) is 5.04 Å². The highest BCUT2D eigenvalue weighted by Crippen LogP contribution is 2.37. The summed E-state index contributed by atoms with van der Waals surface area (Å²) in [7, 11) is -2.68. The number of benzene rings is 3. The fourth-order valence-electron chi connectivity index (χ4n) is 5.20. The summed E-state index contributed by atoms with van der Waals surface area (Å²) >= 11 is 0. The minimum Gasteiger partial charge on any atom is -0.460 e. The first kappa shape index (κ1) is 26.3. The maximum atomic E-state index is 12.6. The minimum atomic E-state index is -2.68. The van der Waals surface area contributed by atoms with Crippen LogP contribution in [0.25, 0.3) is 0 Å². The zero-order valence-corrected chi connectivity index (χ0v) is 22.3. The van der Waals surface area contributed by atoms with E-state index in [0.29, 0.717) is 19.6 Å². The van der Waals surface area contributed by atoms with Crippen LogP contribution in [-0.4, -0.2) is 44.8 Å². The van der Waals surface area contributed by atoms with Crippen molar-refractivity contribution in [2.75, 3.05) is 13.2 Å². The zero-order chi connectivity index (χ0) is 25.6. The molecule has 1 saturated heterocycles. The summed E-state index contributed by atoms with van der Waals surface area (Å²) in [5.74, 6) is -0.843. The van der Waals surface area contributed by atoms with Crippen LogP contribution in [0.1, 0.15) is 32.8 Å². The zero-order valence-electron chi connectivity index (χ0n) is 21.3. The number of cyclic esters (lactones) is 1. The second kappa shape index (κ2) is 11.5. The van der Waals surface area contributed by atoms with E-state index in [0.717, 1.165) is 5.56 Å². The third-order valence-electron chi connectivity index (χ3n) is 6.99. The van der Waals surface area contributed by atoms with Crippen LogP contribution in [0.15, 0.2) is 91.0 Å². The Bertz CT molecular complexity index is 1060. The summed E-state index contributed by atoms with van der Waals surface area (Å²) in [4.78, 5) is 12.6. The number of hydrogen-bond acceptors (Lipinski definition) is 5. The summed E-state index contributed by atoms with van der Waals surface area (Å²) in [5, 5.41) is 12.4. The number of aliphatic hydroxyl groups excluding tert-OH is 1. The maximum absolute atomic E-state index is 12.6. The molecule has 4 rings (SSSR count). The Morgan fingerprint density at radius 3 is 1.89 bits per heavy atom. The molecule has 0 aromatic heterocycles. The van der Waals surface area contributed by atoms with Gasteiger partial charge in [-0.25, -0.2) is 4.79 Å². The lowest BCUT2D eigenvalue weighted by molar-refractivity contribution is -0.150. The van der Waals surface area contributed by atoms with Crippen LogP contribution in [0.5, 0.6) is 0 Å². The van der Waals surface area contributed by atoms with E-state index in [1.807, 2.05) is 42.5 Å². The standard InChI is InChI=1S/C30H36O5Si/c1-30(2,3)36(24-15-9-5-10-16-24,25-17-11-6-12-18-25)34-20-19-27-26(21-31)28(29(32)35-27)33-22-23-13-7-4-8-14-23/h4-18,26-28,31H,19-22H2,1-3H3/t26-,27-,28-/m0/s1. The number of ether oxygens (including phenoxy) is 2. The van der Waals surface area contributed by atoms with Crippen molar-refractivity contribution in [3.63, 3.8) is 0 Å². The number of esters is 1. The molecule has 1 heterocycles. The van der Waals surface area contributed by atoms with Gasteiger partial charge < -0.3 is 19.0 Å². The first-order valence-corrected chi connectivity index (χ1v) is 14.5. The Hall–Kier alpha value is -2.77. The lowest BCUT2D eigenvalue weighted by atomic mass is 9.97. The van der Waals surface area contributed by atoms with E-state index < -0.39 is 32.4 Å². The van der Waals surface area contributed by atoms with Gasteiger partial charge in [0.05, 0.1) is 19.1 Å². The first-order chi connectivity index (χ1) is 17.4. The van der Waals surface area contributed by atoms with Crippen LogP contribution >= 0.6 is 0 Å². The van der Waals surface area contributed by atoms with Gasteiger partial charge in [-0.15, -0.1) is 0 Å². The molecule has 1 aliphatic rings. The van der Waals surface area contributed by atoms with Crippen LogP contribution in [-0.2, 0) is 25.3 Å². The second-order valence-electron chi connectivity index (χ2n) is 10.3. The van der Waals surface area contributed by atoms with Crippen molar-refractivity contribution in [3.05, 3.63) is 96.6 Å². The predicted octanol–water partition coefficient (Wildman–Crippen LogP) is 4.07. The largest absolute Gasteiger partial charge is 0.460 e. The molecule has 36 heavy (non-hydrogen) atoms. The van der Waals surface area contributed by atoms with Gasteiger partial charge in [0.2, 0.25) is 0 Å². The van der Waals surface area contributed by atoms with E-state index in [1.54, 1.807) is 0 Å².